The first-order valence-corrected chi connectivity index (χ1v) is 10.7. The Morgan fingerprint density at radius 2 is 2.11 bits per heavy atom. The van der Waals surface area contributed by atoms with Crippen molar-refractivity contribution in [3.63, 3.8) is 0 Å². The normalized spacial score (nSPS) is 15.4. The summed E-state index contributed by atoms with van der Waals surface area (Å²) in [5.41, 5.74) is 1.18. The highest BCUT2D eigenvalue weighted by atomic mass is 32.2. The van der Waals surface area contributed by atoms with Crippen LogP contribution in [0, 0.1) is 0 Å². The molecule has 0 unspecified atom stereocenters. The number of aromatic nitrogens is 4. The molecule has 1 amide bonds. The molecule has 27 heavy (non-hydrogen) atoms. The molecule has 0 spiro atoms. The van der Waals surface area contributed by atoms with Gasteiger partial charge in [0.15, 0.2) is 5.16 Å². The number of carbonyl (C=O) groups excluding carboxylic acids is 1. The van der Waals surface area contributed by atoms with Crippen molar-refractivity contribution in [3.05, 3.63) is 42.5 Å². The number of thioether (sulfide) groups is 1. The first kappa shape index (κ1) is 19.7. The van der Waals surface area contributed by atoms with E-state index in [-0.39, 0.29) is 5.91 Å². The third-order valence-electron chi connectivity index (χ3n) is 5.05. The zero-order chi connectivity index (χ0) is 19.1. The average molecular weight is 388 g/mol. The van der Waals surface area contributed by atoms with Crippen molar-refractivity contribution in [1.29, 1.82) is 0 Å². The second-order valence-electron chi connectivity index (χ2n) is 7.13. The monoisotopic (exact) mass is 387 g/mol. The molecule has 0 aliphatic heterocycles. The van der Waals surface area contributed by atoms with Gasteiger partial charge in [-0.2, -0.15) is 0 Å². The van der Waals surface area contributed by atoms with E-state index < -0.39 is 0 Å². The lowest BCUT2D eigenvalue weighted by molar-refractivity contribution is -0.119. The maximum Gasteiger partial charge on any atom is 0.230 e. The molecule has 7 heteroatoms. The Morgan fingerprint density at radius 1 is 1.33 bits per heavy atom. The van der Waals surface area contributed by atoms with Crippen molar-refractivity contribution in [2.24, 2.45) is 7.05 Å². The first-order valence-electron chi connectivity index (χ1n) is 9.72. The summed E-state index contributed by atoms with van der Waals surface area (Å²) in [4.78, 5) is 12.4. The van der Waals surface area contributed by atoms with E-state index in [9.17, 15) is 4.79 Å². The van der Waals surface area contributed by atoms with Crippen molar-refractivity contribution in [2.75, 3.05) is 5.75 Å². The molecule has 3 rings (SSSR count). The SMILES string of the molecule is C=CCn1c(Cc2cccn2C)nnc1SCC(=O)NC1CCCCCC1. The molecular weight excluding hydrogens is 358 g/mol. The highest BCUT2D eigenvalue weighted by Gasteiger charge is 2.17. The van der Waals surface area contributed by atoms with Gasteiger partial charge in [0.2, 0.25) is 5.91 Å². The molecule has 1 aliphatic carbocycles. The minimum atomic E-state index is 0.0871. The van der Waals surface area contributed by atoms with Gasteiger partial charge in [-0.05, 0) is 25.0 Å². The maximum atomic E-state index is 12.4. The van der Waals surface area contributed by atoms with E-state index in [1.807, 2.05) is 30.0 Å². The number of rotatable bonds is 8. The van der Waals surface area contributed by atoms with E-state index >= 15 is 0 Å². The smallest absolute Gasteiger partial charge is 0.230 e. The first-order chi connectivity index (χ1) is 13.2. The Kier molecular flexibility index (Phi) is 7.15. The summed E-state index contributed by atoms with van der Waals surface area (Å²) in [6.45, 7) is 4.48. The van der Waals surface area contributed by atoms with Crippen LogP contribution < -0.4 is 5.32 Å². The molecule has 0 radical (unpaired) electrons. The van der Waals surface area contributed by atoms with Gasteiger partial charge < -0.3 is 14.5 Å². The van der Waals surface area contributed by atoms with Crippen LogP contribution in [0.25, 0.3) is 0 Å². The van der Waals surface area contributed by atoms with Gasteiger partial charge in [-0.25, -0.2) is 0 Å². The summed E-state index contributed by atoms with van der Waals surface area (Å²) in [7, 11) is 2.02. The third kappa shape index (κ3) is 5.48. The Morgan fingerprint density at radius 3 is 2.78 bits per heavy atom. The Bertz CT molecular complexity index is 758. The molecule has 1 fully saturated rings. The molecular formula is C20H29N5OS. The predicted octanol–water partition coefficient (Wildman–Crippen LogP) is 3.32. The molecule has 2 aromatic rings. The topological polar surface area (TPSA) is 64.7 Å². The van der Waals surface area contributed by atoms with Crippen LogP contribution in [-0.2, 0) is 24.8 Å². The van der Waals surface area contributed by atoms with Gasteiger partial charge in [-0.3, -0.25) is 4.79 Å². The van der Waals surface area contributed by atoms with E-state index in [2.05, 4.69) is 32.7 Å². The lowest BCUT2D eigenvalue weighted by Crippen LogP contribution is -2.35. The van der Waals surface area contributed by atoms with Gasteiger partial charge in [-0.1, -0.05) is 43.5 Å². The Labute approximate surface area is 165 Å². The quantitative estimate of drug-likeness (QED) is 0.429. The van der Waals surface area contributed by atoms with Crippen LogP contribution in [0.3, 0.4) is 0 Å². The number of amides is 1. The fraction of sp³-hybridized carbons (Fsp3) is 0.550. The van der Waals surface area contributed by atoms with Gasteiger partial charge in [-0.15, -0.1) is 16.8 Å². The van der Waals surface area contributed by atoms with Crippen molar-refractivity contribution in [1.82, 2.24) is 24.6 Å². The number of aryl methyl sites for hydroxylation is 1. The molecule has 6 nitrogen and oxygen atoms in total. The zero-order valence-corrected chi connectivity index (χ0v) is 16.9. The van der Waals surface area contributed by atoms with Crippen LogP contribution >= 0.6 is 11.8 Å². The molecule has 146 valence electrons. The molecule has 2 aromatic heterocycles. The number of nitrogens with one attached hydrogen (secondary N) is 1. The van der Waals surface area contributed by atoms with Crippen LogP contribution in [0.15, 0.2) is 36.1 Å². The van der Waals surface area contributed by atoms with Gasteiger partial charge in [0.05, 0.1) is 5.75 Å². The van der Waals surface area contributed by atoms with Crippen LogP contribution in [0.1, 0.15) is 50.0 Å². The molecule has 0 atom stereocenters. The van der Waals surface area contributed by atoms with Crippen LogP contribution in [0.4, 0.5) is 0 Å². The molecule has 0 aromatic carbocycles. The lowest BCUT2D eigenvalue weighted by atomic mass is 10.1. The number of allylic oxidation sites excluding steroid dienone is 1. The van der Waals surface area contributed by atoms with E-state index in [1.165, 1.54) is 43.1 Å². The van der Waals surface area contributed by atoms with Crippen molar-refractivity contribution in [3.8, 4) is 0 Å². The highest BCUT2D eigenvalue weighted by Crippen LogP contribution is 2.20. The van der Waals surface area contributed by atoms with Crippen molar-refractivity contribution >= 4 is 17.7 Å². The van der Waals surface area contributed by atoms with Crippen molar-refractivity contribution < 1.29 is 4.79 Å². The largest absolute Gasteiger partial charge is 0.354 e. The summed E-state index contributed by atoms with van der Waals surface area (Å²) < 4.78 is 4.13. The predicted molar refractivity (Wildman–Crippen MR) is 109 cm³/mol. The van der Waals surface area contributed by atoms with Gasteiger partial charge >= 0.3 is 0 Å². The number of nitrogens with zero attached hydrogens (tertiary/aromatic N) is 4. The fourth-order valence-electron chi connectivity index (χ4n) is 3.53. The average Bonchev–Trinajstić information content (AvgIpc) is 3.12. The number of hydrogen-bond acceptors (Lipinski definition) is 4. The molecule has 1 aliphatic rings. The maximum absolute atomic E-state index is 12.4. The van der Waals surface area contributed by atoms with Crippen LogP contribution in [0.2, 0.25) is 0 Å². The third-order valence-corrected chi connectivity index (χ3v) is 6.02. The number of hydrogen-bond donors (Lipinski definition) is 1. The van der Waals surface area contributed by atoms with E-state index in [0.717, 1.165) is 23.8 Å². The van der Waals surface area contributed by atoms with E-state index in [4.69, 9.17) is 0 Å². The standard InChI is InChI=1S/C20H29N5OS/c1-3-12-25-18(14-17-11-8-13-24(17)2)22-23-20(25)27-15-19(26)21-16-9-6-4-5-7-10-16/h3,8,11,13,16H,1,4-7,9-10,12,14-15H2,2H3,(H,21,26). The summed E-state index contributed by atoms with van der Waals surface area (Å²) in [6.07, 6.45) is 11.8. The summed E-state index contributed by atoms with van der Waals surface area (Å²) in [6, 6.07) is 4.44. The summed E-state index contributed by atoms with van der Waals surface area (Å²) in [5.74, 6) is 1.35. The molecule has 1 N–H and O–H groups in total. The molecule has 0 saturated heterocycles. The number of carbonyl (C=O) groups is 1. The lowest BCUT2D eigenvalue weighted by Gasteiger charge is -2.16. The summed E-state index contributed by atoms with van der Waals surface area (Å²) >= 11 is 1.45. The second-order valence-corrected chi connectivity index (χ2v) is 8.07. The van der Waals surface area contributed by atoms with Crippen LogP contribution in [0.5, 0.6) is 0 Å². The van der Waals surface area contributed by atoms with Gasteiger partial charge in [0.25, 0.3) is 0 Å². The van der Waals surface area contributed by atoms with Gasteiger partial charge in [0.1, 0.15) is 5.82 Å². The van der Waals surface area contributed by atoms with E-state index in [0.29, 0.717) is 24.8 Å². The Hall–Kier alpha value is -2.02. The minimum absolute atomic E-state index is 0.0871. The van der Waals surface area contributed by atoms with Crippen molar-refractivity contribution in [2.45, 2.75) is 62.7 Å². The fourth-order valence-corrected chi connectivity index (χ4v) is 4.31. The zero-order valence-electron chi connectivity index (χ0n) is 16.1. The minimum Gasteiger partial charge on any atom is -0.354 e. The van der Waals surface area contributed by atoms with Gasteiger partial charge in [0, 0.05) is 37.9 Å². The van der Waals surface area contributed by atoms with E-state index in [1.54, 1.807) is 0 Å². The highest BCUT2D eigenvalue weighted by molar-refractivity contribution is 7.99. The second kappa shape index (κ2) is 9.78. The molecule has 0 bridgehead atoms. The molecule has 2 heterocycles. The Balaban J connectivity index is 1.59. The molecule has 1 saturated carbocycles. The van der Waals surface area contributed by atoms with Crippen LogP contribution in [-0.4, -0.2) is 37.0 Å². The summed E-state index contributed by atoms with van der Waals surface area (Å²) in [5, 5.41) is 12.6.